The van der Waals surface area contributed by atoms with Gasteiger partial charge in [0.1, 0.15) is 11.5 Å². The first-order valence-electron chi connectivity index (χ1n) is 6.42. The molecule has 0 fully saturated rings. The Morgan fingerprint density at radius 1 is 1.10 bits per heavy atom. The third-order valence-corrected chi connectivity index (χ3v) is 3.16. The molecule has 5 nitrogen and oxygen atoms in total. The average molecular weight is 286 g/mol. The van der Waals surface area contributed by atoms with E-state index in [1.165, 1.54) is 12.0 Å². The molecule has 0 unspecified atom stereocenters. The number of nitrogen functional groups attached to an aromatic ring is 1. The summed E-state index contributed by atoms with van der Waals surface area (Å²) in [5.74, 6) is 0.987. The van der Waals surface area contributed by atoms with Gasteiger partial charge in [-0.1, -0.05) is 12.1 Å². The normalized spacial score (nSPS) is 10.0. The number of nitrogens with two attached hydrogens (primary N) is 1. The van der Waals surface area contributed by atoms with Crippen LogP contribution in [0.2, 0.25) is 0 Å². The first kappa shape index (κ1) is 14.7. The Kier molecular flexibility index (Phi) is 4.33. The lowest BCUT2D eigenvalue weighted by Crippen LogP contribution is -2.26. The van der Waals surface area contributed by atoms with Crippen LogP contribution in [0.5, 0.6) is 11.5 Å². The van der Waals surface area contributed by atoms with E-state index >= 15 is 0 Å². The Balaban J connectivity index is 2.37. The predicted molar refractivity (Wildman–Crippen MR) is 83.1 cm³/mol. The fourth-order valence-corrected chi connectivity index (χ4v) is 2.07. The number of carbonyl (C=O) groups is 1. The van der Waals surface area contributed by atoms with Crippen LogP contribution >= 0.6 is 0 Å². The van der Waals surface area contributed by atoms with Crippen molar-refractivity contribution in [2.45, 2.75) is 0 Å². The molecular formula is C16H18N2O3. The van der Waals surface area contributed by atoms with E-state index in [0.29, 0.717) is 28.4 Å². The summed E-state index contributed by atoms with van der Waals surface area (Å²) in [6.45, 7) is 0. The van der Waals surface area contributed by atoms with Gasteiger partial charge >= 0.3 is 0 Å². The molecule has 5 heteroatoms. The van der Waals surface area contributed by atoms with E-state index in [1.54, 1.807) is 38.4 Å². The molecule has 21 heavy (non-hydrogen) atoms. The first-order chi connectivity index (χ1) is 10.1. The summed E-state index contributed by atoms with van der Waals surface area (Å²) >= 11 is 0. The quantitative estimate of drug-likeness (QED) is 0.877. The molecule has 1 amide bonds. The summed E-state index contributed by atoms with van der Waals surface area (Å²) in [5.41, 5.74) is 7.42. The van der Waals surface area contributed by atoms with Gasteiger partial charge in [-0.3, -0.25) is 4.79 Å². The van der Waals surface area contributed by atoms with Gasteiger partial charge in [0.25, 0.3) is 5.91 Å². The van der Waals surface area contributed by atoms with Crippen LogP contribution in [-0.4, -0.2) is 27.2 Å². The highest BCUT2D eigenvalue weighted by Crippen LogP contribution is 2.28. The smallest absolute Gasteiger partial charge is 0.258 e. The monoisotopic (exact) mass is 286 g/mol. The van der Waals surface area contributed by atoms with Crippen molar-refractivity contribution in [2.24, 2.45) is 0 Å². The van der Waals surface area contributed by atoms with Gasteiger partial charge in [-0.2, -0.15) is 0 Å². The first-order valence-corrected chi connectivity index (χ1v) is 6.42. The van der Waals surface area contributed by atoms with Gasteiger partial charge in [-0.25, -0.2) is 0 Å². The lowest BCUT2D eigenvalue weighted by atomic mass is 10.1. The number of amides is 1. The van der Waals surface area contributed by atoms with Gasteiger partial charge in [0.15, 0.2) is 0 Å². The van der Waals surface area contributed by atoms with Gasteiger partial charge in [-0.05, 0) is 24.3 Å². The SMILES string of the molecule is COc1cc(N)cc(C(=O)N(C)c2ccccc2OC)c1. The van der Waals surface area contributed by atoms with Gasteiger partial charge in [0, 0.05) is 24.4 Å². The number of methoxy groups -OCH3 is 2. The predicted octanol–water partition coefficient (Wildman–Crippen LogP) is 2.56. The number of para-hydroxylation sites is 2. The molecule has 0 heterocycles. The molecule has 0 atom stereocenters. The van der Waals surface area contributed by atoms with Crippen LogP contribution in [0.4, 0.5) is 11.4 Å². The topological polar surface area (TPSA) is 64.8 Å². The minimum atomic E-state index is -0.190. The van der Waals surface area contributed by atoms with E-state index in [0.717, 1.165) is 0 Å². The lowest BCUT2D eigenvalue weighted by Gasteiger charge is -2.20. The third-order valence-electron chi connectivity index (χ3n) is 3.16. The van der Waals surface area contributed by atoms with E-state index in [2.05, 4.69) is 0 Å². The molecule has 0 aliphatic carbocycles. The highest BCUT2D eigenvalue weighted by Gasteiger charge is 2.17. The minimum Gasteiger partial charge on any atom is -0.497 e. The zero-order chi connectivity index (χ0) is 15.4. The highest BCUT2D eigenvalue weighted by atomic mass is 16.5. The summed E-state index contributed by atoms with van der Waals surface area (Å²) < 4.78 is 10.4. The number of hydrogen-bond acceptors (Lipinski definition) is 4. The Morgan fingerprint density at radius 3 is 2.48 bits per heavy atom. The lowest BCUT2D eigenvalue weighted by molar-refractivity contribution is 0.0992. The van der Waals surface area contributed by atoms with Crippen molar-refractivity contribution >= 4 is 17.3 Å². The molecule has 2 N–H and O–H groups in total. The Labute approximate surface area is 123 Å². The van der Waals surface area contributed by atoms with Gasteiger partial charge < -0.3 is 20.1 Å². The minimum absolute atomic E-state index is 0.190. The van der Waals surface area contributed by atoms with Gasteiger partial charge in [-0.15, -0.1) is 0 Å². The molecule has 0 aromatic heterocycles. The van der Waals surface area contributed by atoms with Crippen LogP contribution in [0.1, 0.15) is 10.4 Å². The molecule has 0 saturated carbocycles. The molecule has 0 spiro atoms. The van der Waals surface area contributed by atoms with Crippen molar-refractivity contribution in [2.75, 3.05) is 31.9 Å². The van der Waals surface area contributed by atoms with Crippen LogP contribution in [0.25, 0.3) is 0 Å². The van der Waals surface area contributed by atoms with Crippen molar-refractivity contribution < 1.29 is 14.3 Å². The zero-order valence-corrected chi connectivity index (χ0v) is 12.3. The van der Waals surface area contributed by atoms with Crippen LogP contribution in [0, 0.1) is 0 Å². The molecule has 0 aliphatic heterocycles. The van der Waals surface area contributed by atoms with E-state index < -0.39 is 0 Å². The Bertz CT molecular complexity index is 656. The molecule has 0 aliphatic rings. The number of carbonyl (C=O) groups excluding carboxylic acids is 1. The second kappa shape index (κ2) is 6.17. The number of benzene rings is 2. The number of nitrogens with zero attached hydrogens (tertiary/aromatic N) is 1. The summed E-state index contributed by atoms with van der Waals surface area (Å²) in [4.78, 5) is 14.1. The molecular weight excluding hydrogens is 268 g/mol. The molecule has 2 aromatic carbocycles. The van der Waals surface area contributed by atoms with Crippen molar-refractivity contribution in [1.29, 1.82) is 0 Å². The Morgan fingerprint density at radius 2 is 1.81 bits per heavy atom. The average Bonchev–Trinajstić information content (AvgIpc) is 2.52. The van der Waals surface area contributed by atoms with Crippen LogP contribution in [0.15, 0.2) is 42.5 Å². The number of ether oxygens (including phenoxy) is 2. The second-order valence-electron chi connectivity index (χ2n) is 4.53. The summed E-state index contributed by atoms with van der Waals surface area (Å²) in [5, 5.41) is 0. The summed E-state index contributed by atoms with van der Waals surface area (Å²) in [6.07, 6.45) is 0. The molecule has 0 radical (unpaired) electrons. The number of hydrogen-bond donors (Lipinski definition) is 1. The van der Waals surface area contributed by atoms with Crippen molar-refractivity contribution in [3.8, 4) is 11.5 Å². The van der Waals surface area contributed by atoms with Crippen LogP contribution < -0.4 is 20.1 Å². The van der Waals surface area contributed by atoms with Crippen molar-refractivity contribution in [3.63, 3.8) is 0 Å². The van der Waals surface area contributed by atoms with Crippen LogP contribution in [0.3, 0.4) is 0 Å². The standard InChI is InChI=1S/C16H18N2O3/c1-18(14-6-4-5-7-15(14)21-3)16(19)11-8-12(17)10-13(9-11)20-2/h4-10H,17H2,1-3H3. The Hall–Kier alpha value is -2.69. The van der Waals surface area contributed by atoms with E-state index in [9.17, 15) is 4.79 Å². The van der Waals surface area contributed by atoms with Crippen molar-refractivity contribution in [1.82, 2.24) is 0 Å². The summed E-state index contributed by atoms with van der Waals surface area (Å²) in [7, 11) is 4.80. The largest absolute Gasteiger partial charge is 0.497 e. The van der Waals surface area contributed by atoms with Crippen LogP contribution in [-0.2, 0) is 0 Å². The fraction of sp³-hybridized carbons (Fsp3) is 0.188. The van der Waals surface area contributed by atoms with Crippen molar-refractivity contribution in [3.05, 3.63) is 48.0 Å². The maximum Gasteiger partial charge on any atom is 0.258 e. The number of anilines is 2. The zero-order valence-electron chi connectivity index (χ0n) is 12.3. The molecule has 0 saturated heterocycles. The summed E-state index contributed by atoms with van der Waals surface area (Å²) in [6, 6.07) is 12.3. The maximum absolute atomic E-state index is 12.6. The molecule has 110 valence electrons. The molecule has 0 bridgehead atoms. The number of rotatable bonds is 4. The maximum atomic E-state index is 12.6. The van der Waals surface area contributed by atoms with E-state index in [4.69, 9.17) is 15.2 Å². The third kappa shape index (κ3) is 3.08. The highest BCUT2D eigenvalue weighted by molar-refractivity contribution is 6.07. The van der Waals surface area contributed by atoms with Gasteiger partial charge in [0.05, 0.1) is 19.9 Å². The molecule has 2 aromatic rings. The molecule has 2 rings (SSSR count). The van der Waals surface area contributed by atoms with E-state index in [-0.39, 0.29) is 5.91 Å². The van der Waals surface area contributed by atoms with E-state index in [1.807, 2.05) is 18.2 Å². The van der Waals surface area contributed by atoms with Gasteiger partial charge in [0.2, 0.25) is 0 Å². The fourth-order valence-electron chi connectivity index (χ4n) is 2.07. The second-order valence-corrected chi connectivity index (χ2v) is 4.53.